The highest BCUT2D eigenvalue weighted by Gasteiger charge is 2.17. The lowest BCUT2D eigenvalue weighted by Gasteiger charge is -2.08. The topological polar surface area (TPSA) is 56.5 Å². The molecule has 21 heavy (non-hydrogen) atoms. The summed E-state index contributed by atoms with van der Waals surface area (Å²) in [4.78, 5) is 23.3. The standard InChI is InChI=1S/C16H16O4Si/c1-19-16(18)15-11(9-10-21(2,3)4)5-7-13-12(15)6-8-14(17)20-13/h5-8H,1-4H3. The van der Waals surface area contributed by atoms with Crippen molar-refractivity contribution in [1.82, 2.24) is 0 Å². The van der Waals surface area contributed by atoms with Crippen molar-refractivity contribution in [3.63, 3.8) is 0 Å². The van der Waals surface area contributed by atoms with Gasteiger partial charge in [0.2, 0.25) is 0 Å². The number of fused-ring (bicyclic) bond motifs is 1. The molecular formula is C16H16O4Si. The molecule has 4 nitrogen and oxygen atoms in total. The van der Waals surface area contributed by atoms with Gasteiger partial charge in [-0.05, 0) is 18.2 Å². The van der Waals surface area contributed by atoms with Crippen LogP contribution in [0.3, 0.4) is 0 Å². The van der Waals surface area contributed by atoms with Gasteiger partial charge in [0.25, 0.3) is 0 Å². The second-order valence-corrected chi connectivity index (χ2v) is 10.4. The van der Waals surface area contributed by atoms with Crippen molar-refractivity contribution in [3.05, 3.63) is 45.8 Å². The van der Waals surface area contributed by atoms with Crippen molar-refractivity contribution in [1.29, 1.82) is 0 Å². The highest BCUT2D eigenvalue weighted by Crippen LogP contribution is 2.22. The summed E-state index contributed by atoms with van der Waals surface area (Å²) in [5, 5.41) is 0.531. The minimum atomic E-state index is -1.57. The molecule has 0 aliphatic heterocycles. The van der Waals surface area contributed by atoms with Gasteiger partial charge in [0, 0.05) is 17.0 Å². The highest BCUT2D eigenvalue weighted by molar-refractivity contribution is 6.83. The smallest absolute Gasteiger partial charge is 0.339 e. The zero-order valence-electron chi connectivity index (χ0n) is 12.4. The van der Waals surface area contributed by atoms with E-state index < -0.39 is 19.7 Å². The van der Waals surface area contributed by atoms with Crippen LogP contribution in [-0.2, 0) is 4.74 Å². The summed E-state index contributed by atoms with van der Waals surface area (Å²) in [6.07, 6.45) is 0. The van der Waals surface area contributed by atoms with E-state index >= 15 is 0 Å². The van der Waals surface area contributed by atoms with Gasteiger partial charge in [0.05, 0.1) is 12.7 Å². The number of methoxy groups -OCH3 is 1. The lowest BCUT2D eigenvalue weighted by molar-refractivity contribution is 0.0602. The van der Waals surface area contributed by atoms with E-state index in [0.717, 1.165) is 0 Å². The Labute approximate surface area is 123 Å². The van der Waals surface area contributed by atoms with Crippen molar-refractivity contribution in [3.8, 4) is 11.5 Å². The minimum absolute atomic E-state index is 0.338. The number of hydrogen-bond donors (Lipinski definition) is 0. The van der Waals surface area contributed by atoms with E-state index in [-0.39, 0.29) is 0 Å². The summed E-state index contributed by atoms with van der Waals surface area (Å²) >= 11 is 0. The number of ether oxygens (including phenoxy) is 1. The molecule has 0 aliphatic carbocycles. The highest BCUT2D eigenvalue weighted by atomic mass is 28.3. The summed E-state index contributed by atoms with van der Waals surface area (Å²) in [6, 6.07) is 6.18. The normalized spacial score (nSPS) is 10.9. The van der Waals surface area contributed by atoms with E-state index in [1.54, 1.807) is 18.2 Å². The molecule has 1 aromatic heterocycles. The molecule has 0 aliphatic rings. The molecule has 5 heteroatoms. The third-order valence-corrected chi connectivity index (χ3v) is 3.64. The zero-order valence-corrected chi connectivity index (χ0v) is 13.4. The van der Waals surface area contributed by atoms with E-state index in [0.29, 0.717) is 22.1 Å². The molecule has 0 atom stereocenters. The van der Waals surface area contributed by atoms with Crippen LogP contribution in [0.4, 0.5) is 0 Å². The molecular weight excluding hydrogens is 284 g/mol. The predicted octanol–water partition coefficient (Wildman–Crippen LogP) is 2.81. The Bertz CT molecular complexity index is 816. The molecule has 1 heterocycles. The van der Waals surface area contributed by atoms with Gasteiger partial charge in [-0.1, -0.05) is 25.6 Å². The molecule has 0 fully saturated rings. The quantitative estimate of drug-likeness (QED) is 0.352. The molecule has 1 aromatic carbocycles. The maximum Gasteiger partial charge on any atom is 0.339 e. The molecule has 0 radical (unpaired) electrons. The Morgan fingerprint density at radius 3 is 2.52 bits per heavy atom. The van der Waals surface area contributed by atoms with Gasteiger partial charge < -0.3 is 9.15 Å². The van der Waals surface area contributed by atoms with Gasteiger partial charge in [-0.2, -0.15) is 0 Å². The number of benzene rings is 1. The fraction of sp³-hybridized carbons (Fsp3) is 0.250. The fourth-order valence-electron chi connectivity index (χ4n) is 1.83. The fourth-order valence-corrected chi connectivity index (χ4v) is 2.34. The van der Waals surface area contributed by atoms with Crippen molar-refractivity contribution in [2.24, 2.45) is 0 Å². The van der Waals surface area contributed by atoms with E-state index in [1.165, 1.54) is 13.2 Å². The average Bonchev–Trinajstić information content (AvgIpc) is 2.42. The molecule has 108 valence electrons. The average molecular weight is 300 g/mol. The molecule has 0 spiro atoms. The molecule has 0 bridgehead atoms. The van der Waals surface area contributed by atoms with Gasteiger partial charge in [0.15, 0.2) is 0 Å². The number of carbonyl (C=O) groups excluding carboxylic acids is 1. The van der Waals surface area contributed by atoms with Crippen molar-refractivity contribution in [2.75, 3.05) is 7.11 Å². The lowest BCUT2D eigenvalue weighted by atomic mass is 10.0. The maximum absolute atomic E-state index is 12.1. The summed E-state index contributed by atoms with van der Waals surface area (Å²) in [7, 11) is -0.256. The van der Waals surface area contributed by atoms with Gasteiger partial charge in [-0.3, -0.25) is 0 Å². The number of rotatable bonds is 1. The molecule has 0 amide bonds. The number of hydrogen-bond acceptors (Lipinski definition) is 4. The Balaban J connectivity index is 2.76. The third-order valence-electron chi connectivity index (χ3n) is 2.76. The Morgan fingerprint density at radius 1 is 1.19 bits per heavy atom. The van der Waals surface area contributed by atoms with Crippen LogP contribution >= 0.6 is 0 Å². The summed E-state index contributed by atoms with van der Waals surface area (Å²) in [6.45, 7) is 6.37. The van der Waals surface area contributed by atoms with E-state index in [9.17, 15) is 9.59 Å². The first-order valence-corrected chi connectivity index (χ1v) is 10.0. The van der Waals surface area contributed by atoms with Crippen molar-refractivity contribution >= 4 is 25.0 Å². The number of carbonyl (C=O) groups is 1. The first-order valence-electron chi connectivity index (χ1n) is 6.50. The van der Waals surface area contributed by atoms with Gasteiger partial charge in [-0.25, -0.2) is 9.59 Å². The van der Waals surface area contributed by atoms with Crippen LogP contribution in [0.5, 0.6) is 0 Å². The molecule has 0 saturated carbocycles. The lowest BCUT2D eigenvalue weighted by Crippen LogP contribution is -2.16. The summed E-state index contributed by atoms with van der Waals surface area (Å²) < 4.78 is 9.93. The maximum atomic E-state index is 12.1. The van der Waals surface area contributed by atoms with Crippen molar-refractivity contribution in [2.45, 2.75) is 19.6 Å². The Morgan fingerprint density at radius 2 is 1.90 bits per heavy atom. The van der Waals surface area contributed by atoms with Gasteiger partial charge in [0.1, 0.15) is 13.7 Å². The van der Waals surface area contributed by atoms with Crippen LogP contribution in [0.2, 0.25) is 19.6 Å². The van der Waals surface area contributed by atoms with E-state index in [4.69, 9.17) is 9.15 Å². The molecule has 0 N–H and O–H groups in total. The van der Waals surface area contributed by atoms with Crippen LogP contribution in [-0.4, -0.2) is 21.2 Å². The summed E-state index contributed by atoms with van der Waals surface area (Å²) in [5.74, 6) is 2.57. The Kier molecular flexibility index (Phi) is 4.01. The van der Waals surface area contributed by atoms with Crippen molar-refractivity contribution < 1.29 is 13.9 Å². The van der Waals surface area contributed by atoms with E-state index in [1.807, 2.05) is 0 Å². The summed E-state index contributed by atoms with van der Waals surface area (Å²) in [5.41, 5.74) is 4.04. The number of esters is 1. The van der Waals surface area contributed by atoms with Crippen LogP contribution in [0.25, 0.3) is 11.0 Å². The monoisotopic (exact) mass is 300 g/mol. The second kappa shape index (κ2) is 5.58. The van der Waals surface area contributed by atoms with Crippen LogP contribution in [0.1, 0.15) is 15.9 Å². The third kappa shape index (κ3) is 3.41. The van der Waals surface area contributed by atoms with Gasteiger partial charge >= 0.3 is 11.6 Å². The molecule has 0 saturated heterocycles. The van der Waals surface area contributed by atoms with Gasteiger partial charge in [-0.15, -0.1) is 5.54 Å². The van der Waals surface area contributed by atoms with Crippen LogP contribution in [0, 0.1) is 11.5 Å². The van der Waals surface area contributed by atoms with Crippen LogP contribution < -0.4 is 5.63 Å². The second-order valence-electron chi connectivity index (χ2n) is 5.65. The molecule has 0 unspecified atom stereocenters. The van der Waals surface area contributed by atoms with E-state index in [2.05, 4.69) is 31.1 Å². The minimum Gasteiger partial charge on any atom is -0.465 e. The first kappa shape index (κ1) is 15.1. The molecule has 2 aromatic rings. The largest absolute Gasteiger partial charge is 0.465 e. The predicted molar refractivity (Wildman–Crippen MR) is 84.0 cm³/mol. The zero-order chi connectivity index (χ0) is 15.6. The molecule has 2 rings (SSSR count). The SMILES string of the molecule is COC(=O)c1c(C#C[Si](C)(C)C)ccc2oc(=O)ccc12. The Hall–Kier alpha value is -2.32. The first-order chi connectivity index (χ1) is 9.81. The van der Waals surface area contributed by atoms with Crippen LogP contribution in [0.15, 0.2) is 33.5 Å².